The zero-order valence-corrected chi connectivity index (χ0v) is 11.2. The van der Waals surface area contributed by atoms with Crippen molar-refractivity contribution in [1.29, 1.82) is 0 Å². The quantitative estimate of drug-likeness (QED) is 0.584. The number of carboxylic acid groups (broad SMARTS) is 1. The van der Waals surface area contributed by atoms with Crippen LogP contribution in [0.4, 0.5) is 0 Å². The highest BCUT2D eigenvalue weighted by Gasteiger charge is 2.34. The average Bonchev–Trinajstić information content (AvgIpc) is 2.39. The number of thioether (sulfide) groups is 1. The molecule has 0 spiro atoms. The number of nitrogens with zero attached hydrogens (tertiary/aromatic N) is 1. The molecule has 19 heavy (non-hydrogen) atoms. The fourth-order valence-electron chi connectivity index (χ4n) is 2.26. The molecule has 0 aromatic rings. The summed E-state index contributed by atoms with van der Waals surface area (Å²) in [6.45, 7) is 0.956. The van der Waals surface area contributed by atoms with Crippen molar-refractivity contribution >= 4 is 29.5 Å². The first-order valence-corrected chi connectivity index (χ1v) is 7.33. The first kappa shape index (κ1) is 14.1. The summed E-state index contributed by atoms with van der Waals surface area (Å²) in [5.41, 5.74) is 0. The monoisotopic (exact) mass is 287 g/mol. The van der Waals surface area contributed by atoms with Gasteiger partial charge < -0.3 is 15.3 Å². The van der Waals surface area contributed by atoms with E-state index in [2.05, 4.69) is 10.6 Å². The summed E-state index contributed by atoms with van der Waals surface area (Å²) in [6.07, 6.45) is -0.0299. The van der Waals surface area contributed by atoms with Gasteiger partial charge in [0.15, 0.2) is 0 Å². The summed E-state index contributed by atoms with van der Waals surface area (Å²) in [5.74, 6) is 0.333. The van der Waals surface area contributed by atoms with Crippen molar-refractivity contribution in [3.8, 4) is 0 Å². The van der Waals surface area contributed by atoms with Gasteiger partial charge in [0.2, 0.25) is 11.8 Å². The summed E-state index contributed by atoms with van der Waals surface area (Å²) in [6, 6.07) is -0.708. The third kappa shape index (κ3) is 3.60. The molecule has 2 fully saturated rings. The van der Waals surface area contributed by atoms with Crippen LogP contribution in [0, 0.1) is 0 Å². The molecular formula is C11H17N3O4S. The lowest BCUT2D eigenvalue weighted by atomic mass is 10.1. The molecule has 0 radical (unpaired) electrons. The number of hydrogen-bond acceptors (Lipinski definition) is 5. The molecule has 7 nitrogen and oxygen atoms in total. The van der Waals surface area contributed by atoms with Gasteiger partial charge in [-0.15, -0.1) is 0 Å². The number of carbonyl (C=O) groups is 3. The van der Waals surface area contributed by atoms with Gasteiger partial charge in [0.25, 0.3) is 0 Å². The van der Waals surface area contributed by atoms with Crippen LogP contribution in [0.2, 0.25) is 0 Å². The molecule has 0 aliphatic carbocycles. The van der Waals surface area contributed by atoms with Gasteiger partial charge in [-0.1, -0.05) is 0 Å². The zero-order chi connectivity index (χ0) is 13.8. The van der Waals surface area contributed by atoms with E-state index in [4.69, 9.17) is 5.11 Å². The Labute approximate surface area is 115 Å². The van der Waals surface area contributed by atoms with E-state index < -0.39 is 12.0 Å². The third-order valence-corrected chi connectivity index (χ3v) is 4.32. The number of piperazine rings is 1. The van der Waals surface area contributed by atoms with Gasteiger partial charge in [-0.3, -0.25) is 19.7 Å². The topological polar surface area (TPSA) is 98.7 Å². The molecule has 2 unspecified atom stereocenters. The van der Waals surface area contributed by atoms with Crippen LogP contribution in [0.25, 0.3) is 0 Å². The molecule has 3 N–H and O–H groups in total. The first-order chi connectivity index (χ1) is 9.08. The van der Waals surface area contributed by atoms with Crippen molar-refractivity contribution in [2.75, 3.05) is 31.1 Å². The Morgan fingerprint density at radius 2 is 2.26 bits per heavy atom. The van der Waals surface area contributed by atoms with Crippen LogP contribution in [0.15, 0.2) is 0 Å². The second-order valence-corrected chi connectivity index (χ2v) is 5.75. The average molecular weight is 287 g/mol. The van der Waals surface area contributed by atoms with E-state index in [1.54, 1.807) is 16.7 Å². The van der Waals surface area contributed by atoms with Crippen LogP contribution < -0.4 is 10.6 Å². The molecule has 2 heterocycles. The summed E-state index contributed by atoms with van der Waals surface area (Å²) < 4.78 is 0. The minimum atomic E-state index is -0.893. The predicted octanol–water partition coefficient (Wildman–Crippen LogP) is -1.51. The van der Waals surface area contributed by atoms with Crippen LogP contribution in [-0.2, 0) is 14.4 Å². The fraction of sp³-hybridized carbons (Fsp3) is 0.727. The van der Waals surface area contributed by atoms with Gasteiger partial charge in [0, 0.05) is 24.6 Å². The fourth-order valence-corrected chi connectivity index (χ4v) is 3.32. The molecule has 2 rings (SSSR count). The van der Waals surface area contributed by atoms with Crippen molar-refractivity contribution < 1.29 is 19.5 Å². The molecule has 2 aliphatic heterocycles. The summed E-state index contributed by atoms with van der Waals surface area (Å²) >= 11 is 1.67. The number of nitrogens with one attached hydrogen (secondary N) is 2. The van der Waals surface area contributed by atoms with E-state index in [0.29, 0.717) is 12.3 Å². The number of carboxylic acids is 1. The van der Waals surface area contributed by atoms with E-state index in [0.717, 1.165) is 5.75 Å². The Balaban J connectivity index is 1.98. The second-order valence-electron chi connectivity index (χ2n) is 4.60. The molecule has 2 atom stereocenters. The smallest absolute Gasteiger partial charge is 0.305 e. The number of rotatable bonds is 3. The maximum absolute atomic E-state index is 12.4. The van der Waals surface area contributed by atoms with E-state index in [1.165, 1.54) is 0 Å². The van der Waals surface area contributed by atoms with Crippen molar-refractivity contribution in [3.63, 3.8) is 0 Å². The molecule has 0 saturated carbocycles. The van der Waals surface area contributed by atoms with E-state index in [-0.39, 0.29) is 37.4 Å². The van der Waals surface area contributed by atoms with Crippen molar-refractivity contribution in [3.05, 3.63) is 0 Å². The van der Waals surface area contributed by atoms with Crippen LogP contribution in [0.5, 0.6) is 0 Å². The second kappa shape index (κ2) is 6.25. The summed E-state index contributed by atoms with van der Waals surface area (Å²) in [7, 11) is 0. The molecular weight excluding hydrogens is 270 g/mol. The van der Waals surface area contributed by atoms with E-state index >= 15 is 0 Å². The predicted molar refractivity (Wildman–Crippen MR) is 69.9 cm³/mol. The molecule has 2 aliphatic rings. The lowest BCUT2D eigenvalue weighted by Crippen LogP contribution is -2.61. The number of amides is 2. The molecule has 8 heteroatoms. The third-order valence-electron chi connectivity index (χ3n) is 3.23. The van der Waals surface area contributed by atoms with Gasteiger partial charge in [0.05, 0.1) is 19.0 Å². The SMILES string of the molecule is O=C(O)CC1CSCCN1C(=O)C1CNC(=O)CN1. The normalized spacial score (nSPS) is 27.8. The Bertz CT molecular complexity index is 380. The van der Waals surface area contributed by atoms with Gasteiger partial charge in [-0.2, -0.15) is 11.8 Å². The largest absolute Gasteiger partial charge is 0.481 e. The number of carbonyl (C=O) groups excluding carboxylic acids is 2. The number of aliphatic carboxylic acids is 1. The lowest BCUT2D eigenvalue weighted by molar-refractivity contribution is -0.141. The molecule has 106 valence electrons. The number of hydrogen-bond donors (Lipinski definition) is 3. The van der Waals surface area contributed by atoms with Crippen molar-refractivity contribution in [2.45, 2.75) is 18.5 Å². The Morgan fingerprint density at radius 1 is 1.47 bits per heavy atom. The van der Waals surface area contributed by atoms with Crippen LogP contribution >= 0.6 is 11.8 Å². The van der Waals surface area contributed by atoms with Gasteiger partial charge in [-0.05, 0) is 0 Å². The van der Waals surface area contributed by atoms with Gasteiger partial charge in [0.1, 0.15) is 6.04 Å². The van der Waals surface area contributed by atoms with Crippen LogP contribution in [-0.4, -0.2) is 71.0 Å². The highest BCUT2D eigenvalue weighted by Crippen LogP contribution is 2.20. The molecule has 0 bridgehead atoms. The molecule has 0 aromatic heterocycles. The van der Waals surface area contributed by atoms with Crippen molar-refractivity contribution in [1.82, 2.24) is 15.5 Å². The lowest BCUT2D eigenvalue weighted by Gasteiger charge is -2.37. The van der Waals surface area contributed by atoms with E-state index in [9.17, 15) is 14.4 Å². The highest BCUT2D eigenvalue weighted by molar-refractivity contribution is 7.99. The molecule has 2 amide bonds. The van der Waals surface area contributed by atoms with Crippen molar-refractivity contribution in [2.24, 2.45) is 0 Å². The Kier molecular flexibility index (Phi) is 4.65. The Hall–Kier alpha value is -1.28. The minimum Gasteiger partial charge on any atom is -0.481 e. The first-order valence-electron chi connectivity index (χ1n) is 6.18. The Morgan fingerprint density at radius 3 is 2.89 bits per heavy atom. The minimum absolute atomic E-state index is 0.0299. The zero-order valence-electron chi connectivity index (χ0n) is 10.4. The molecule has 0 aromatic carbocycles. The van der Waals surface area contributed by atoms with Crippen LogP contribution in [0.3, 0.4) is 0 Å². The van der Waals surface area contributed by atoms with Gasteiger partial charge in [-0.25, -0.2) is 0 Å². The maximum atomic E-state index is 12.4. The highest BCUT2D eigenvalue weighted by atomic mass is 32.2. The maximum Gasteiger partial charge on any atom is 0.305 e. The van der Waals surface area contributed by atoms with Gasteiger partial charge >= 0.3 is 5.97 Å². The standard InChI is InChI=1S/C11H17N3O4S/c15-9-5-12-8(4-13-9)11(18)14-1-2-19-6-7(14)3-10(16)17/h7-8,12H,1-6H2,(H,13,15)(H,16,17). The van der Waals surface area contributed by atoms with Crippen LogP contribution in [0.1, 0.15) is 6.42 Å². The summed E-state index contributed by atoms with van der Waals surface area (Å²) in [5, 5.41) is 14.4. The molecule has 2 saturated heterocycles. The van der Waals surface area contributed by atoms with E-state index in [1.807, 2.05) is 0 Å². The summed E-state index contributed by atoms with van der Waals surface area (Å²) in [4.78, 5) is 35.9.